The first-order valence-electron chi connectivity index (χ1n) is 7.31. The molecule has 6 nitrogen and oxygen atoms in total. The molecule has 0 atom stereocenters. The van der Waals surface area contributed by atoms with E-state index < -0.39 is 0 Å². The maximum absolute atomic E-state index is 4.60. The molecule has 0 radical (unpaired) electrons. The largest absolute Gasteiger partial charge is 0.357 e. The van der Waals surface area contributed by atoms with E-state index in [1.54, 1.807) is 11.3 Å². The third-order valence-electron chi connectivity index (χ3n) is 3.54. The lowest BCUT2D eigenvalue weighted by molar-refractivity contribution is 0.653. The number of hydrogen-bond acceptors (Lipinski definition) is 5. The summed E-state index contributed by atoms with van der Waals surface area (Å²) in [6.45, 7) is 7.77. The summed E-state index contributed by atoms with van der Waals surface area (Å²) in [6, 6.07) is 2.01. The molecule has 3 aromatic heterocycles. The highest BCUT2D eigenvalue weighted by Gasteiger charge is 2.12. The summed E-state index contributed by atoms with van der Waals surface area (Å²) in [5.41, 5.74) is 4.24. The van der Waals surface area contributed by atoms with E-state index in [1.807, 2.05) is 42.5 Å². The zero-order valence-electron chi connectivity index (χ0n) is 13.3. The first-order valence-corrected chi connectivity index (χ1v) is 8.12. The maximum atomic E-state index is 4.60. The lowest BCUT2D eigenvalue weighted by Crippen LogP contribution is -1.99. The van der Waals surface area contributed by atoms with Crippen molar-refractivity contribution in [2.45, 2.75) is 33.9 Å². The van der Waals surface area contributed by atoms with Crippen molar-refractivity contribution in [2.75, 3.05) is 5.32 Å². The van der Waals surface area contributed by atoms with E-state index in [-0.39, 0.29) is 0 Å². The molecular weight excluding hydrogens is 296 g/mol. The Morgan fingerprint density at radius 2 is 2.05 bits per heavy atom. The van der Waals surface area contributed by atoms with Crippen molar-refractivity contribution in [1.29, 1.82) is 0 Å². The highest BCUT2D eigenvalue weighted by atomic mass is 32.1. The van der Waals surface area contributed by atoms with Crippen molar-refractivity contribution in [3.05, 3.63) is 35.4 Å². The molecule has 3 heterocycles. The molecule has 0 aliphatic rings. The van der Waals surface area contributed by atoms with Crippen molar-refractivity contribution in [3.63, 3.8) is 0 Å². The van der Waals surface area contributed by atoms with Crippen LogP contribution in [-0.4, -0.2) is 24.5 Å². The first-order chi connectivity index (χ1) is 10.6. The zero-order valence-corrected chi connectivity index (χ0v) is 14.1. The molecule has 0 aromatic carbocycles. The Kier molecular flexibility index (Phi) is 3.98. The molecule has 3 aromatic rings. The Morgan fingerprint density at radius 1 is 1.23 bits per heavy atom. The lowest BCUT2D eigenvalue weighted by atomic mass is 10.3. The second kappa shape index (κ2) is 5.92. The van der Waals surface area contributed by atoms with Crippen LogP contribution < -0.4 is 5.32 Å². The quantitative estimate of drug-likeness (QED) is 0.786. The molecule has 0 fully saturated rings. The SMILES string of the molecule is CCn1cc(CNc2nc(C)c(-c3ccn(C)n3)s2)c(C)n1. The van der Waals surface area contributed by atoms with Crippen molar-refractivity contribution in [1.82, 2.24) is 24.5 Å². The van der Waals surface area contributed by atoms with E-state index >= 15 is 0 Å². The van der Waals surface area contributed by atoms with Crippen molar-refractivity contribution in [3.8, 4) is 10.6 Å². The van der Waals surface area contributed by atoms with Crippen LogP contribution in [0, 0.1) is 13.8 Å². The average Bonchev–Trinajstić information content (AvgIpc) is 3.16. The van der Waals surface area contributed by atoms with E-state index in [0.717, 1.165) is 40.2 Å². The topological polar surface area (TPSA) is 60.6 Å². The van der Waals surface area contributed by atoms with Crippen LogP contribution >= 0.6 is 11.3 Å². The van der Waals surface area contributed by atoms with Gasteiger partial charge in [-0.25, -0.2) is 4.98 Å². The summed E-state index contributed by atoms with van der Waals surface area (Å²) in [5.74, 6) is 0. The van der Waals surface area contributed by atoms with Gasteiger partial charge in [0.1, 0.15) is 5.69 Å². The number of thiazole rings is 1. The minimum absolute atomic E-state index is 0.737. The van der Waals surface area contributed by atoms with Crippen LogP contribution in [0.1, 0.15) is 23.9 Å². The fourth-order valence-corrected chi connectivity index (χ4v) is 3.24. The van der Waals surface area contributed by atoms with Gasteiger partial charge in [0.15, 0.2) is 5.13 Å². The lowest BCUT2D eigenvalue weighted by Gasteiger charge is -2.00. The van der Waals surface area contributed by atoms with Gasteiger partial charge in [-0.2, -0.15) is 10.2 Å². The molecule has 1 N–H and O–H groups in total. The molecule has 0 amide bonds. The van der Waals surface area contributed by atoms with E-state index in [9.17, 15) is 0 Å². The highest BCUT2D eigenvalue weighted by Crippen LogP contribution is 2.31. The second-order valence-corrected chi connectivity index (χ2v) is 6.26. The summed E-state index contributed by atoms with van der Waals surface area (Å²) in [7, 11) is 1.92. The normalized spacial score (nSPS) is 11.1. The number of hydrogen-bond donors (Lipinski definition) is 1. The third kappa shape index (κ3) is 2.89. The van der Waals surface area contributed by atoms with E-state index in [1.165, 1.54) is 5.56 Å². The molecule has 0 aliphatic carbocycles. The van der Waals surface area contributed by atoms with Crippen LogP contribution in [0.3, 0.4) is 0 Å². The van der Waals surface area contributed by atoms with Crippen molar-refractivity contribution < 1.29 is 0 Å². The number of aromatic nitrogens is 5. The molecule has 3 rings (SSSR count). The van der Waals surface area contributed by atoms with Crippen LogP contribution in [0.5, 0.6) is 0 Å². The van der Waals surface area contributed by atoms with Crippen LogP contribution in [0.15, 0.2) is 18.5 Å². The molecule has 7 heteroatoms. The Morgan fingerprint density at radius 3 is 2.68 bits per heavy atom. The van der Waals surface area contributed by atoms with Crippen LogP contribution in [-0.2, 0) is 20.1 Å². The van der Waals surface area contributed by atoms with Gasteiger partial charge >= 0.3 is 0 Å². The number of anilines is 1. The summed E-state index contributed by atoms with van der Waals surface area (Å²) < 4.78 is 3.77. The van der Waals surface area contributed by atoms with E-state index in [0.29, 0.717) is 0 Å². The van der Waals surface area contributed by atoms with Gasteiger partial charge in [-0.15, -0.1) is 0 Å². The smallest absolute Gasteiger partial charge is 0.183 e. The molecule has 0 unspecified atom stereocenters. The van der Waals surface area contributed by atoms with Gasteiger partial charge in [0.05, 0.1) is 16.3 Å². The Hall–Kier alpha value is -2.15. The zero-order chi connectivity index (χ0) is 15.7. The first kappa shape index (κ1) is 14.8. The summed E-state index contributed by atoms with van der Waals surface area (Å²) in [6.07, 6.45) is 4.03. The predicted molar refractivity (Wildman–Crippen MR) is 89.0 cm³/mol. The van der Waals surface area contributed by atoms with Crippen molar-refractivity contribution >= 4 is 16.5 Å². The Labute approximate surface area is 133 Å². The molecule has 116 valence electrons. The third-order valence-corrected chi connectivity index (χ3v) is 4.68. The van der Waals surface area contributed by atoms with Gasteiger partial charge in [-0.3, -0.25) is 9.36 Å². The molecule has 0 aliphatic heterocycles. The van der Waals surface area contributed by atoms with Gasteiger partial charge in [0, 0.05) is 38.1 Å². The summed E-state index contributed by atoms with van der Waals surface area (Å²) >= 11 is 1.64. The fraction of sp³-hybridized carbons (Fsp3) is 0.400. The predicted octanol–water partition coefficient (Wildman–Crippen LogP) is 2.99. The minimum atomic E-state index is 0.737. The standard InChI is InChI=1S/C15H20N6S/c1-5-21-9-12(10(2)18-21)8-16-15-17-11(3)14(22-15)13-6-7-20(4)19-13/h6-7,9H,5,8H2,1-4H3,(H,16,17). The fourth-order valence-electron chi connectivity index (χ4n) is 2.31. The number of aryl methyl sites for hydroxylation is 4. The van der Waals surface area contributed by atoms with Gasteiger partial charge in [-0.05, 0) is 26.8 Å². The average molecular weight is 316 g/mol. The molecule has 0 spiro atoms. The van der Waals surface area contributed by atoms with Gasteiger partial charge in [-0.1, -0.05) is 11.3 Å². The number of nitrogens with one attached hydrogen (secondary N) is 1. The Bertz CT molecular complexity index is 782. The maximum Gasteiger partial charge on any atom is 0.183 e. The molecular formula is C15H20N6S. The molecule has 0 saturated heterocycles. The highest BCUT2D eigenvalue weighted by molar-refractivity contribution is 7.19. The van der Waals surface area contributed by atoms with Gasteiger partial charge < -0.3 is 5.32 Å². The van der Waals surface area contributed by atoms with Crippen LogP contribution in [0.2, 0.25) is 0 Å². The monoisotopic (exact) mass is 316 g/mol. The molecule has 0 bridgehead atoms. The second-order valence-electron chi connectivity index (χ2n) is 5.26. The Balaban J connectivity index is 1.75. The number of nitrogens with zero attached hydrogens (tertiary/aromatic N) is 5. The summed E-state index contributed by atoms with van der Waals surface area (Å²) in [4.78, 5) is 5.71. The van der Waals surface area contributed by atoms with E-state index in [4.69, 9.17) is 0 Å². The minimum Gasteiger partial charge on any atom is -0.357 e. The van der Waals surface area contributed by atoms with Crippen LogP contribution in [0.4, 0.5) is 5.13 Å². The molecule has 22 heavy (non-hydrogen) atoms. The number of rotatable bonds is 5. The van der Waals surface area contributed by atoms with Gasteiger partial charge in [0.2, 0.25) is 0 Å². The van der Waals surface area contributed by atoms with E-state index in [2.05, 4.69) is 33.6 Å². The van der Waals surface area contributed by atoms with Crippen LogP contribution in [0.25, 0.3) is 10.6 Å². The van der Waals surface area contributed by atoms with Crippen molar-refractivity contribution in [2.24, 2.45) is 7.05 Å². The summed E-state index contributed by atoms with van der Waals surface area (Å²) in [5, 5.41) is 13.2. The van der Waals surface area contributed by atoms with Gasteiger partial charge in [0.25, 0.3) is 0 Å². The molecule has 0 saturated carbocycles.